The van der Waals surface area contributed by atoms with E-state index >= 15 is 0 Å². The summed E-state index contributed by atoms with van der Waals surface area (Å²) in [6.07, 6.45) is 9.01. The van der Waals surface area contributed by atoms with Gasteiger partial charge < -0.3 is 10.2 Å². The molecule has 2 aliphatic rings. The summed E-state index contributed by atoms with van der Waals surface area (Å²) in [5, 5.41) is 18.9. The van der Waals surface area contributed by atoms with Crippen LogP contribution in [0.15, 0.2) is 34.9 Å². The lowest BCUT2D eigenvalue weighted by molar-refractivity contribution is -0.131. The Morgan fingerprint density at radius 3 is 2.94 bits per heavy atom. The molecule has 0 heterocycles. The quantitative estimate of drug-likeness (QED) is 0.666. The van der Waals surface area contributed by atoms with E-state index < -0.39 is 12.1 Å². The summed E-state index contributed by atoms with van der Waals surface area (Å²) in [4.78, 5) is 10.7. The average molecular weight is 220 g/mol. The van der Waals surface area contributed by atoms with Crippen LogP contribution in [0.5, 0.6) is 0 Å². The van der Waals surface area contributed by atoms with Crippen molar-refractivity contribution in [2.75, 3.05) is 0 Å². The molecule has 2 aliphatic carbocycles. The lowest BCUT2D eigenvalue weighted by Gasteiger charge is -2.19. The molecule has 0 aromatic heterocycles. The summed E-state index contributed by atoms with van der Waals surface area (Å²) < 4.78 is 0. The highest BCUT2D eigenvalue weighted by Crippen LogP contribution is 2.33. The van der Waals surface area contributed by atoms with Crippen LogP contribution in [0.2, 0.25) is 0 Å². The summed E-state index contributed by atoms with van der Waals surface area (Å²) in [6.45, 7) is 0. The van der Waals surface area contributed by atoms with Gasteiger partial charge in [-0.1, -0.05) is 12.2 Å². The number of rotatable bonds is 1. The molecule has 86 valence electrons. The first kappa shape index (κ1) is 11.1. The Morgan fingerprint density at radius 2 is 2.19 bits per heavy atom. The highest BCUT2D eigenvalue weighted by molar-refractivity contribution is 5.81. The van der Waals surface area contributed by atoms with E-state index in [0.29, 0.717) is 12.0 Å². The molecule has 0 radical (unpaired) electrons. The Morgan fingerprint density at radius 1 is 1.38 bits per heavy atom. The number of aliphatic hydroxyl groups is 1. The van der Waals surface area contributed by atoms with Crippen molar-refractivity contribution in [1.82, 2.24) is 0 Å². The molecule has 0 aromatic rings. The van der Waals surface area contributed by atoms with E-state index in [2.05, 4.69) is 12.2 Å². The molecular formula is C13H16O3. The fourth-order valence-electron chi connectivity index (χ4n) is 2.44. The maximum Gasteiger partial charge on any atom is 0.328 e. The van der Waals surface area contributed by atoms with Crippen LogP contribution in [0.4, 0.5) is 0 Å². The summed E-state index contributed by atoms with van der Waals surface area (Å²) in [6, 6.07) is 0. The molecule has 0 aliphatic heterocycles. The van der Waals surface area contributed by atoms with Crippen molar-refractivity contribution < 1.29 is 15.0 Å². The number of carboxylic acid groups (broad SMARTS) is 1. The molecule has 1 unspecified atom stereocenters. The van der Waals surface area contributed by atoms with E-state index in [0.717, 1.165) is 31.3 Å². The monoisotopic (exact) mass is 220 g/mol. The van der Waals surface area contributed by atoms with Crippen LogP contribution in [0, 0.1) is 0 Å². The van der Waals surface area contributed by atoms with Crippen molar-refractivity contribution >= 4 is 5.97 Å². The normalized spacial score (nSPS) is 27.8. The molecule has 0 spiro atoms. The second-order valence-corrected chi connectivity index (χ2v) is 4.31. The van der Waals surface area contributed by atoms with Crippen molar-refractivity contribution in [2.45, 2.75) is 38.2 Å². The SMILES string of the molecule is O=C(O)C=C1CCCC2=C(CCC=C2)C1O. The number of hydrogen-bond donors (Lipinski definition) is 2. The number of carbonyl (C=O) groups is 1. The van der Waals surface area contributed by atoms with Crippen LogP contribution in [-0.2, 0) is 4.79 Å². The van der Waals surface area contributed by atoms with E-state index in [1.807, 2.05) is 0 Å². The standard InChI is InChI=1S/C13H16O3/c14-12(15)8-10-6-3-5-9-4-1-2-7-11(9)13(10)16/h1,4,8,13,16H,2-3,5-7H2,(H,14,15). The van der Waals surface area contributed by atoms with Gasteiger partial charge in [0, 0.05) is 6.08 Å². The topological polar surface area (TPSA) is 57.5 Å². The molecule has 16 heavy (non-hydrogen) atoms. The molecule has 0 saturated carbocycles. The molecule has 0 fully saturated rings. The van der Waals surface area contributed by atoms with Gasteiger partial charge in [0.25, 0.3) is 0 Å². The van der Waals surface area contributed by atoms with Crippen LogP contribution in [0.3, 0.4) is 0 Å². The van der Waals surface area contributed by atoms with Crippen LogP contribution in [0.1, 0.15) is 32.1 Å². The van der Waals surface area contributed by atoms with Crippen molar-refractivity contribution in [3.05, 3.63) is 34.9 Å². The Balaban J connectivity index is 2.32. The molecule has 2 rings (SSSR count). The zero-order chi connectivity index (χ0) is 11.5. The number of allylic oxidation sites excluding steroid dienone is 3. The molecule has 1 atom stereocenters. The van der Waals surface area contributed by atoms with Crippen LogP contribution < -0.4 is 0 Å². The lowest BCUT2D eigenvalue weighted by atomic mass is 9.91. The molecular weight excluding hydrogens is 204 g/mol. The van der Waals surface area contributed by atoms with Gasteiger partial charge in [0.05, 0.1) is 6.10 Å². The first-order valence-corrected chi connectivity index (χ1v) is 5.68. The highest BCUT2D eigenvalue weighted by Gasteiger charge is 2.23. The third kappa shape index (κ3) is 2.25. The zero-order valence-electron chi connectivity index (χ0n) is 9.15. The van der Waals surface area contributed by atoms with Gasteiger partial charge in [0.1, 0.15) is 0 Å². The van der Waals surface area contributed by atoms with Gasteiger partial charge in [0.2, 0.25) is 0 Å². The molecule has 3 nitrogen and oxygen atoms in total. The van der Waals surface area contributed by atoms with Gasteiger partial charge in [-0.15, -0.1) is 0 Å². The van der Waals surface area contributed by atoms with E-state index in [4.69, 9.17) is 5.11 Å². The minimum absolute atomic E-state index is 0.646. The van der Waals surface area contributed by atoms with Crippen molar-refractivity contribution in [3.8, 4) is 0 Å². The van der Waals surface area contributed by atoms with E-state index in [9.17, 15) is 9.90 Å². The summed E-state index contributed by atoms with van der Waals surface area (Å²) in [5.74, 6) is -0.968. The number of hydrogen-bond acceptors (Lipinski definition) is 2. The number of carboxylic acids is 1. The maximum atomic E-state index is 10.7. The Bertz CT molecular complexity index is 388. The molecule has 0 aromatic carbocycles. The summed E-state index contributed by atoms with van der Waals surface area (Å²) >= 11 is 0. The predicted molar refractivity (Wildman–Crippen MR) is 61.0 cm³/mol. The molecule has 0 saturated heterocycles. The van der Waals surface area contributed by atoms with Gasteiger partial charge in [0.15, 0.2) is 0 Å². The molecule has 0 bridgehead atoms. The van der Waals surface area contributed by atoms with Gasteiger partial charge in [-0.25, -0.2) is 4.79 Å². The second kappa shape index (κ2) is 4.66. The molecule has 0 amide bonds. The van der Waals surface area contributed by atoms with Gasteiger partial charge in [-0.3, -0.25) is 0 Å². The highest BCUT2D eigenvalue weighted by atomic mass is 16.4. The van der Waals surface area contributed by atoms with Gasteiger partial charge in [-0.2, -0.15) is 0 Å². The second-order valence-electron chi connectivity index (χ2n) is 4.31. The third-order valence-electron chi connectivity index (χ3n) is 3.21. The van der Waals surface area contributed by atoms with Crippen LogP contribution in [0.25, 0.3) is 0 Å². The molecule has 3 heteroatoms. The smallest absolute Gasteiger partial charge is 0.328 e. The average Bonchev–Trinajstić information content (AvgIpc) is 2.40. The first-order chi connectivity index (χ1) is 7.68. The zero-order valence-corrected chi connectivity index (χ0v) is 9.15. The Kier molecular flexibility index (Phi) is 3.25. The van der Waals surface area contributed by atoms with Crippen molar-refractivity contribution in [2.24, 2.45) is 0 Å². The lowest BCUT2D eigenvalue weighted by Crippen LogP contribution is -2.16. The van der Waals surface area contributed by atoms with Crippen LogP contribution >= 0.6 is 0 Å². The Hall–Kier alpha value is -1.35. The minimum atomic E-state index is -0.968. The fraction of sp³-hybridized carbons (Fsp3) is 0.462. The van der Waals surface area contributed by atoms with E-state index in [-0.39, 0.29) is 0 Å². The predicted octanol–water partition coefficient (Wildman–Crippen LogP) is 2.19. The van der Waals surface area contributed by atoms with Gasteiger partial charge in [-0.05, 0) is 48.8 Å². The summed E-state index contributed by atoms with van der Waals surface area (Å²) in [7, 11) is 0. The van der Waals surface area contributed by atoms with Crippen LogP contribution in [-0.4, -0.2) is 22.3 Å². The maximum absolute atomic E-state index is 10.7. The molecule has 2 N–H and O–H groups in total. The summed E-state index contributed by atoms with van der Waals surface area (Å²) in [5.41, 5.74) is 2.87. The fourth-order valence-corrected chi connectivity index (χ4v) is 2.44. The minimum Gasteiger partial charge on any atom is -0.478 e. The Labute approximate surface area is 94.8 Å². The third-order valence-corrected chi connectivity index (χ3v) is 3.21. The van der Waals surface area contributed by atoms with E-state index in [1.165, 1.54) is 11.6 Å². The number of aliphatic hydroxyl groups excluding tert-OH is 1. The largest absolute Gasteiger partial charge is 0.478 e. The van der Waals surface area contributed by atoms with Crippen molar-refractivity contribution in [1.29, 1.82) is 0 Å². The first-order valence-electron chi connectivity index (χ1n) is 5.68. The van der Waals surface area contributed by atoms with Gasteiger partial charge >= 0.3 is 5.97 Å². The number of aliphatic carboxylic acids is 1. The van der Waals surface area contributed by atoms with Crippen molar-refractivity contribution in [3.63, 3.8) is 0 Å². The van der Waals surface area contributed by atoms with E-state index in [1.54, 1.807) is 0 Å².